The maximum atomic E-state index is 2.76. The normalized spacial score (nSPS) is 31.4. The summed E-state index contributed by atoms with van der Waals surface area (Å²) >= 11 is 0. The number of hydrogen-bond donors (Lipinski definition) is 0. The van der Waals surface area contributed by atoms with E-state index in [2.05, 4.69) is 56.2 Å². The molecule has 2 saturated heterocycles. The number of nitrogens with zero attached hydrogens (tertiary/aromatic N) is 3. The zero-order valence-electron chi connectivity index (χ0n) is 15.2. The molecule has 2 rings (SSSR count). The first-order valence-corrected chi connectivity index (χ1v) is 9.12. The van der Waals surface area contributed by atoms with E-state index in [0.717, 1.165) is 12.0 Å². The summed E-state index contributed by atoms with van der Waals surface area (Å²) in [5, 5.41) is 0. The molecular weight excluding hydrogens is 258 g/mol. The predicted molar refractivity (Wildman–Crippen MR) is 91.8 cm³/mol. The smallest absolute Gasteiger partial charge is 0.0198 e. The number of hydrogen-bond acceptors (Lipinski definition) is 3. The van der Waals surface area contributed by atoms with E-state index in [0.29, 0.717) is 18.1 Å². The van der Waals surface area contributed by atoms with E-state index in [9.17, 15) is 0 Å². The van der Waals surface area contributed by atoms with Crippen molar-refractivity contribution in [3.05, 3.63) is 0 Å². The molecule has 0 bridgehead atoms. The van der Waals surface area contributed by atoms with Gasteiger partial charge in [0.25, 0.3) is 0 Å². The van der Waals surface area contributed by atoms with Gasteiger partial charge in [-0.1, -0.05) is 0 Å². The van der Waals surface area contributed by atoms with E-state index in [1.807, 2.05) is 0 Å². The Kier molecular flexibility index (Phi) is 6.10. The van der Waals surface area contributed by atoms with Crippen molar-refractivity contribution in [2.24, 2.45) is 5.92 Å². The Morgan fingerprint density at radius 1 is 0.857 bits per heavy atom. The van der Waals surface area contributed by atoms with Crippen molar-refractivity contribution < 1.29 is 0 Å². The van der Waals surface area contributed by atoms with Crippen LogP contribution in [0.4, 0.5) is 0 Å². The lowest BCUT2D eigenvalue weighted by atomic mass is 9.94. The first kappa shape index (κ1) is 17.2. The SMILES string of the molecule is CC(C)N1CCC(CN2C[C@H](C)N(C(C)C)C[C@H]2C)CC1. The number of piperazine rings is 1. The topological polar surface area (TPSA) is 9.72 Å². The average Bonchev–Trinajstić information content (AvgIpc) is 2.42. The van der Waals surface area contributed by atoms with Crippen LogP contribution in [0.15, 0.2) is 0 Å². The zero-order chi connectivity index (χ0) is 15.6. The summed E-state index contributed by atoms with van der Waals surface area (Å²) in [4.78, 5) is 8.07. The lowest BCUT2D eigenvalue weighted by Crippen LogP contribution is -2.59. The molecule has 3 nitrogen and oxygen atoms in total. The molecule has 21 heavy (non-hydrogen) atoms. The van der Waals surface area contributed by atoms with E-state index >= 15 is 0 Å². The molecule has 2 atom stereocenters. The maximum Gasteiger partial charge on any atom is 0.0198 e. The fraction of sp³-hybridized carbons (Fsp3) is 1.00. The fourth-order valence-corrected chi connectivity index (χ4v) is 4.18. The molecule has 2 aliphatic rings. The molecule has 2 heterocycles. The van der Waals surface area contributed by atoms with Crippen LogP contribution in [0.2, 0.25) is 0 Å². The van der Waals surface area contributed by atoms with Gasteiger partial charge >= 0.3 is 0 Å². The highest BCUT2D eigenvalue weighted by Crippen LogP contribution is 2.24. The van der Waals surface area contributed by atoms with Gasteiger partial charge in [0.2, 0.25) is 0 Å². The Bertz CT molecular complexity index is 308. The van der Waals surface area contributed by atoms with Gasteiger partial charge in [-0.3, -0.25) is 9.80 Å². The van der Waals surface area contributed by atoms with Gasteiger partial charge in [-0.05, 0) is 73.4 Å². The number of rotatable bonds is 4. The van der Waals surface area contributed by atoms with E-state index in [1.54, 1.807) is 0 Å². The minimum absolute atomic E-state index is 0.680. The largest absolute Gasteiger partial charge is 0.301 e. The second-order valence-corrected chi connectivity index (χ2v) is 8.02. The predicted octanol–water partition coefficient (Wildman–Crippen LogP) is 2.91. The van der Waals surface area contributed by atoms with Gasteiger partial charge in [0.15, 0.2) is 0 Å². The third-order valence-corrected chi connectivity index (χ3v) is 5.70. The van der Waals surface area contributed by atoms with Crippen molar-refractivity contribution >= 4 is 0 Å². The van der Waals surface area contributed by atoms with E-state index in [1.165, 1.54) is 45.6 Å². The Balaban J connectivity index is 1.81. The fourth-order valence-electron chi connectivity index (χ4n) is 4.18. The summed E-state index contributed by atoms with van der Waals surface area (Å²) in [7, 11) is 0. The van der Waals surface area contributed by atoms with Crippen LogP contribution in [-0.2, 0) is 0 Å². The molecule has 0 amide bonds. The minimum atomic E-state index is 0.680. The van der Waals surface area contributed by atoms with Gasteiger partial charge in [-0.2, -0.15) is 0 Å². The Hall–Kier alpha value is -0.120. The molecule has 0 saturated carbocycles. The molecule has 0 aliphatic carbocycles. The number of piperidine rings is 1. The monoisotopic (exact) mass is 295 g/mol. The molecule has 2 aliphatic heterocycles. The summed E-state index contributed by atoms with van der Waals surface area (Å²) in [6, 6.07) is 2.82. The van der Waals surface area contributed by atoms with E-state index < -0.39 is 0 Å². The third-order valence-electron chi connectivity index (χ3n) is 5.70. The first-order valence-electron chi connectivity index (χ1n) is 9.12. The van der Waals surface area contributed by atoms with Crippen LogP contribution < -0.4 is 0 Å². The van der Waals surface area contributed by atoms with Crippen LogP contribution >= 0.6 is 0 Å². The number of likely N-dealkylation sites (tertiary alicyclic amines) is 1. The molecule has 0 aromatic heterocycles. The van der Waals surface area contributed by atoms with Crippen molar-refractivity contribution in [1.82, 2.24) is 14.7 Å². The quantitative estimate of drug-likeness (QED) is 0.789. The van der Waals surface area contributed by atoms with Gasteiger partial charge in [0.1, 0.15) is 0 Å². The van der Waals surface area contributed by atoms with Gasteiger partial charge in [0, 0.05) is 43.8 Å². The van der Waals surface area contributed by atoms with E-state index in [4.69, 9.17) is 0 Å². The maximum absolute atomic E-state index is 2.76. The van der Waals surface area contributed by atoms with Crippen LogP contribution in [-0.4, -0.2) is 71.6 Å². The molecule has 0 aromatic carbocycles. The standard InChI is InChI=1S/C18H37N3/c1-14(2)19-9-7-18(8-10-19)13-20-11-17(6)21(15(3)4)12-16(20)5/h14-18H,7-13H2,1-6H3/t16-,17+/m1/s1. The summed E-state index contributed by atoms with van der Waals surface area (Å²) in [6.45, 7) is 20.6. The van der Waals surface area contributed by atoms with Crippen molar-refractivity contribution in [3.63, 3.8) is 0 Å². The van der Waals surface area contributed by atoms with Gasteiger partial charge < -0.3 is 4.90 Å². The Morgan fingerprint density at radius 3 is 2.00 bits per heavy atom. The third kappa shape index (κ3) is 4.43. The van der Waals surface area contributed by atoms with Crippen molar-refractivity contribution in [2.75, 3.05) is 32.7 Å². The lowest BCUT2D eigenvalue weighted by molar-refractivity contribution is 0.00819. The molecule has 2 fully saturated rings. The molecule has 124 valence electrons. The van der Waals surface area contributed by atoms with E-state index in [-0.39, 0.29) is 0 Å². The average molecular weight is 296 g/mol. The Labute approximate surface area is 132 Å². The molecule has 0 radical (unpaired) electrons. The second kappa shape index (κ2) is 7.43. The van der Waals surface area contributed by atoms with Crippen LogP contribution in [0.5, 0.6) is 0 Å². The van der Waals surface area contributed by atoms with Crippen molar-refractivity contribution in [2.45, 2.75) is 78.6 Å². The lowest BCUT2D eigenvalue weighted by Gasteiger charge is -2.47. The first-order chi connectivity index (χ1) is 9.88. The highest BCUT2D eigenvalue weighted by Gasteiger charge is 2.32. The van der Waals surface area contributed by atoms with Crippen LogP contribution in [0.25, 0.3) is 0 Å². The van der Waals surface area contributed by atoms with Crippen LogP contribution in [0.1, 0.15) is 54.4 Å². The Morgan fingerprint density at radius 2 is 1.48 bits per heavy atom. The van der Waals surface area contributed by atoms with Crippen molar-refractivity contribution in [1.29, 1.82) is 0 Å². The molecule has 0 N–H and O–H groups in total. The highest BCUT2D eigenvalue weighted by molar-refractivity contribution is 4.88. The molecule has 0 spiro atoms. The minimum Gasteiger partial charge on any atom is -0.301 e. The van der Waals surface area contributed by atoms with Gasteiger partial charge in [0.05, 0.1) is 0 Å². The van der Waals surface area contributed by atoms with Gasteiger partial charge in [-0.15, -0.1) is 0 Å². The van der Waals surface area contributed by atoms with Crippen LogP contribution in [0.3, 0.4) is 0 Å². The second-order valence-electron chi connectivity index (χ2n) is 8.02. The summed E-state index contributed by atoms with van der Waals surface area (Å²) < 4.78 is 0. The molecule has 0 aromatic rings. The summed E-state index contributed by atoms with van der Waals surface area (Å²) in [5.74, 6) is 0.917. The highest BCUT2D eigenvalue weighted by atomic mass is 15.3. The molecule has 3 heteroatoms. The molecule has 0 unspecified atom stereocenters. The summed E-state index contributed by atoms with van der Waals surface area (Å²) in [5.41, 5.74) is 0. The molecular formula is C18H37N3. The van der Waals surface area contributed by atoms with Gasteiger partial charge in [-0.25, -0.2) is 0 Å². The van der Waals surface area contributed by atoms with Crippen LogP contribution in [0, 0.1) is 5.92 Å². The zero-order valence-corrected chi connectivity index (χ0v) is 15.2. The van der Waals surface area contributed by atoms with Crippen molar-refractivity contribution in [3.8, 4) is 0 Å². The summed E-state index contributed by atoms with van der Waals surface area (Å²) in [6.07, 6.45) is 2.79.